The minimum atomic E-state index is -0.725. The van der Waals surface area contributed by atoms with Crippen LogP contribution in [0.15, 0.2) is 0 Å². The molecular weight excluding hydrogens is 220 g/mol. The topological polar surface area (TPSA) is 69.4 Å². The van der Waals surface area contributed by atoms with Gasteiger partial charge in [-0.15, -0.1) is 11.6 Å². The molecule has 0 rings (SSSR count). The second kappa shape index (κ2) is 6.30. The Bertz CT molecular complexity index is 200. The van der Waals surface area contributed by atoms with E-state index in [-0.39, 0.29) is 18.7 Å². The highest BCUT2D eigenvalue weighted by atomic mass is 35.5. The first kappa shape index (κ1) is 14.7. The molecule has 0 aromatic heterocycles. The van der Waals surface area contributed by atoms with Crippen molar-refractivity contribution in [3.63, 3.8) is 0 Å². The highest BCUT2D eigenvalue weighted by Crippen LogP contribution is 2.11. The van der Waals surface area contributed by atoms with E-state index in [4.69, 9.17) is 26.6 Å². The third-order valence-corrected chi connectivity index (χ3v) is 1.92. The third-order valence-electron chi connectivity index (χ3n) is 1.57. The molecule has 0 bridgehead atoms. The number of hydrogen-bond acceptors (Lipinski definition) is 3. The normalized spacial score (nSPS) is 15.9. The zero-order valence-electron chi connectivity index (χ0n) is 9.42. The number of aliphatic hydroxyl groups excluding tert-OH is 1. The largest absolute Gasteiger partial charge is 0.460 e. The van der Waals surface area contributed by atoms with Crippen molar-refractivity contribution in [1.82, 2.24) is 0 Å². The Labute approximate surface area is 95.2 Å². The van der Waals surface area contributed by atoms with Crippen LogP contribution in [0.5, 0.6) is 0 Å². The van der Waals surface area contributed by atoms with Crippen molar-refractivity contribution in [2.24, 2.45) is 0 Å². The van der Waals surface area contributed by atoms with Crippen molar-refractivity contribution in [2.45, 2.75) is 51.4 Å². The molecule has 0 fully saturated rings. The Kier molecular flexibility index (Phi) is 6.17. The standard InChI is InChI=1S/C10H19ClO4/c1-10(2,3)15-9(14)5-7(12)4-8(13)6-11/h7-8,12-13H,4-6H2,1-3H3/p+1/t7-,8+/m1/s1. The van der Waals surface area contributed by atoms with Crippen molar-refractivity contribution < 1.29 is 19.7 Å². The zero-order valence-corrected chi connectivity index (χ0v) is 10.2. The van der Waals surface area contributed by atoms with E-state index in [9.17, 15) is 4.79 Å². The van der Waals surface area contributed by atoms with Gasteiger partial charge in [-0.3, -0.25) is 4.79 Å². The molecule has 15 heavy (non-hydrogen) atoms. The first-order valence-electron chi connectivity index (χ1n) is 4.91. The van der Waals surface area contributed by atoms with Gasteiger partial charge >= 0.3 is 5.97 Å². The molecule has 2 atom stereocenters. The monoisotopic (exact) mass is 239 g/mol. The highest BCUT2D eigenvalue weighted by Gasteiger charge is 2.23. The average molecular weight is 240 g/mol. The molecule has 0 aromatic carbocycles. The Hall–Kier alpha value is -0.320. The van der Waals surface area contributed by atoms with E-state index >= 15 is 0 Å². The lowest BCUT2D eigenvalue weighted by atomic mass is 10.1. The maximum absolute atomic E-state index is 11.3. The van der Waals surface area contributed by atoms with Gasteiger partial charge in [-0.1, -0.05) is 0 Å². The summed E-state index contributed by atoms with van der Waals surface area (Å²) < 4.78 is 5.05. The molecule has 0 aliphatic heterocycles. The summed E-state index contributed by atoms with van der Waals surface area (Å²) in [7, 11) is 0. The van der Waals surface area contributed by atoms with E-state index in [1.54, 1.807) is 20.8 Å². The number of alkyl halides is 1. The van der Waals surface area contributed by atoms with Crippen LogP contribution >= 0.6 is 11.6 Å². The lowest BCUT2D eigenvalue weighted by Gasteiger charge is -2.20. The molecule has 4 nitrogen and oxygen atoms in total. The molecule has 0 unspecified atom stereocenters. The smallest absolute Gasteiger partial charge is 0.314 e. The fourth-order valence-corrected chi connectivity index (χ4v) is 1.19. The van der Waals surface area contributed by atoms with Crippen LogP contribution in [0.1, 0.15) is 33.6 Å². The summed E-state index contributed by atoms with van der Waals surface area (Å²) in [5, 5.41) is 16.7. The second-order valence-electron chi connectivity index (χ2n) is 4.53. The summed E-state index contributed by atoms with van der Waals surface area (Å²) in [6.07, 6.45) is -1.20. The van der Waals surface area contributed by atoms with Gasteiger partial charge in [0.25, 0.3) is 0 Å². The predicted octanol–water partition coefficient (Wildman–Crippen LogP) is 0.801. The quantitative estimate of drug-likeness (QED) is 0.438. The van der Waals surface area contributed by atoms with Gasteiger partial charge in [-0.25, -0.2) is 0 Å². The summed E-state index contributed by atoms with van der Waals surface area (Å²) in [6, 6.07) is 0. The fraction of sp³-hybridized carbons (Fsp3) is 0.900. The van der Waals surface area contributed by atoms with Gasteiger partial charge in [-0.05, 0) is 20.8 Å². The third kappa shape index (κ3) is 8.66. The van der Waals surface area contributed by atoms with Gasteiger partial charge in [0.2, 0.25) is 0 Å². The first-order chi connectivity index (χ1) is 6.74. The van der Waals surface area contributed by atoms with Crippen LogP contribution in [0, 0.1) is 0 Å². The second-order valence-corrected chi connectivity index (χ2v) is 4.84. The van der Waals surface area contributed by atoms with E-state index in [1.165, 1.54) is 0 Å². The SMILES string of the molecule is CC(C)(C)OC(=O)C[C@H]([OH2+])C[C@H](O)CCl. The highest BCUT2D eigenvalue weighted by molar-refractivity contribution is 6.18. The number of halogens is 1. The van der Waals surface area contributed by atoms with Gasteiger partial charge in [0, 0.05) is 12.3 Å². The molecule has 0 saturated heterocycles. The Morgan fingerprint density at radius 2 is 2.07 bits per heavy atom. The van der Waals surface area contributed by atoms with Gasteiger partial charge in [-0.2, -0.15) is 0 Å². The van der Waals surface area contributed by atoms with Crippen LogP contribution in [0.25, 0.3) is 0 Å². The molecule has 3 N–H and O–H groups in total. The van der Waals surface area contributed by atoms with Gasteiger partial charge in [0.15, 0.2) is 6.10 Å². The summed E-state index contributed by atoms with van der Waals surface area (Å²) >= 11 is 5.39. The predicted molar refractivity (Wildman–Crippen MR) is 59.2 cm³/mol. The number of ether oxygens (including phenoxy) is 1. The molecule has 0 spiro atoms. The molecular formula is C10H20ClO4+. The van der Waals surface area contributed by atoms with E-state index in [0.29, 0.717) is 0 Å². The molecule has 0 aromatic rings. The molecule has 0 heterocycles. The average Bonchev–Trinajstić information content (AvgIpc) is 1.99. The van der Waals surface area contributed by atoms with Crippen molar-refractivity contribution in [1.29, 1.82) is 0 Å². The van der Waals surface area contributed by atoms with E-state index in [2.05, 4.69) is 0 Å². The summed E-state index contributed by atoms with van der Waals surface area (Å²) in [5.74, 6) is -0.326. The van der Waals surface area contributed by atoms with Crippen molar-refractivity contribution in [3.8, 4) is 0 Å². The Morgan fingerprint density at radius 3 is 2.47 bits per heavy atom. The number of rotatable bonds is 5. The summed E-state index contributed by atoms with van der Waals surface area (Å²) in [4.78, 5) is 11.3. The number of hydrogen-bond donors (Lipinski definition) is 1. The summed E-state index contributed by atoms with van der Waals surface area (Å²) in [5.41, 5.74) is -0.526. The molecule has 0 radical (unpaired) electrons. The number of carbonyl (C=O) groups is 1. The van der Waals surface area contributed by atoms with Crippen molar-refractivity contribution in [2.75, 3.05) is 5.88 Å². The number of aliphatic hydroxyl groups is 1. The van der Waals surface area contributed by atoms with Crippen molar-refractivity contribution in [3.05, 3.63) is 0 Å². The van der Waals surface area contributed by atoms with Crippen LogP contribution in [-0.4, -0.2) is 39.9 Å². The Morgan fingerprint density at radius 1 is 1.53 bits per heavy atom. The molecule has 0 aliphatic carbocycles. The minimum Gasteiger partial charge on any atom is -0.460 e. The van der Waals surface area contributed by atoms with Crippen LogP contribution in [0.4, 0.5) is 0 Å². The van der Waals surface area contributed by atoms with Crippen LogP contribution < -0.4 is 0 Å². The molecule has 0 amide bonds. The maximum atomic E-state index is 11.3. The maximum Gasteiger partial charge on any atom is 0.314 e. The van der Waals surface area contributed by atoms with Gasteiger partial charge in [0.1, 0.15) is 12.0 Å². The Balaban J connectivity index is 3.87. The number of carbonyl (C=O) groups excluding carboxylic acids is 1. The molecule has 90 valence electrons. The zero-order chi connectivity index (χ0) is 12.1. The fourth-order valence-electron chi connectivity index (χ4n) is 1.06. The van der Waals surface area contributed by atoms with Crippen molar-refractivity contribution >= 4 is 17.6 Å². The van der Waals surface area contributed by atoms with E-state index in [1.807, 2.05) is 0 Å². The minimum absolute atomic E-state index is 0.00871. The van der Waals surface area contributed by atoms with Crippen LogP contribution in [-0.2, 0) is 9.53 Å². The number of esters is 1. The molecule has 5 heteroatoms. The molecule has 0 aliphatic rings. The first-order valence-corrected chi connectivity index (χ1v) is 5.45. The van der Waals surface area contributed by atoms with Gasteiger partial charge in [0.05, 0.1) is 6.10 Å². The van der Waals surface area contributed by atoms with Crippen LogP contribution in [0.2, 0.25) is 0 Å². The lowest BCUT2D eigenvalue weighted by Crippen LogP contribution is -2.28. The van der Waals surface area contributed by atoms with Crippen LogP contribution in [0.3, 0.4) is 0 Å². The van der Waals surface area contributed by atoms with E-state index in [0.717, 1.165) is 0 Å². The summed E-state index contributed by atoms with van der Waals surface area (Å²) in [6.45, 7) is 5.33. The lowest BCUT2D eigenvalue weighted by molar-refractivity contribution is -0.157. The van der Waals surface area contributed by atoms with Gasteiger partial charge < -0.3 is 14.9 Å². The van der Waals surface area contributed by atoms with E-state index < -0.39 is 23.8 Å². The molecule has 0 saturated carbocycles.